The minimum atomic E-state index is -4.45. The molecule has 2 N–H and O–H groups in total. The van der Waals surface area contributed by atoms with E-state index in [1.165, 1.54) is 11.0 Å². The van der Waals surface area contributed by atoms with Crippen molar-refractivity contribution in [2.45, 2.75) is 56.8 Å². The Morgan fingerprint density at radius 1 is 1.17 bits per heavy atom. The number of rotatable bonds is 3. The lowest BCUT2D eigenvalue weighted by atomic mass is 9.93. The summed E-state index contributed by atoms with van der Waals surface area (Å²) < 4.78 is 45.0. The number of carbonyl (C=O) groups is 1. The van der Waals surface area contributed by atoms with Crippen molar-refractivity contribution in [1.82, 2.24) is 0 Å². The molecule has 0 radical (unpaired) electrons. The van der Waals surface area contributed by atoms with Gasteiger partial charge in [-0.3, -0.25) is 4.79 Å². The molecule has 2 fully saturated rings. The van der Waals surface area contributed by atoms with Crippen LogP contribution in [0.5, 0.6) is 5.75 Å². The normalized spacial score (nSPS) is 25.2. The van der Waals surface area contributed by atoms with Crippen LogP contribution in [-0.4, -0.2) is 24.6 Å². The van der Waals surface area contributed by atoms with Crippen LogP contribution in [0.3, 0.4) is 0 Å². The number of amides is 1. The zero-order chi connectivity index (χ0) is 17.3. The molecule has 1 amide bonds. The van der Waals surface area contributed by atoms with E-state index in [4.69, 9.17) is 10.5 Å². The lowest BCUT2D eigenvalue weighted by Crippen LogP contribution is -2.32. The second-order valence-corrected chi connectivity index (χ2v) is 6.48. The van der Waals surface area contributed by atoms with Crippen LogP contribution in [0.4, 0.5) is 18.9 Å². The van der Waals surface area contributed by atoms with E-state index in [0.717, 1.165) is 37.8 Å². The molecular weight excluding hydrogens is 321 g/mol. The molecule has 132 valence electrons. The lowest BCUT2D eigenvalue weighted by Gasteiger charge is -2.29. The van der Waals surface area contributed by atoms with Gasteiger partial charge in [0, 0.05) is 19.0 Å². The van der Waals surface area contributed by atoms with Gasteiger partial charge in [0.05, 0.1) is 17.4 Å². The summed E-state index contributed by atoms with van der Waals surface area (Å²) in [7, 11) is 0. The Morgan fingerprint density at radius 2 is 1.88 bits per heavy atom. The molecule has 24 heavy (non-hydrogen) atoms. The minimum absolute atomic E-state index is 0.0713. The number of halogens is 3. The molecule has 0 aromatic heterocycles. The molecule has 0 bridgehead atoms. The second kappa shape index (κ2) is 6.63. The van der Waals surface area contributed by atoms with Crippen molar-refractivity contribution in [1.29, 1.82) is 0 Å². The molecular formula is C17H21F3N2O2. The first-order valence-corrected chi connectivity index (χ1v) is 8.28. The molecule has 0 unspecified atom stereocenters. The zero-order valence-electron chi connectivity index (χ0n) is 13.3. The largest absolute Gasteiger partial charge is 0.488 e. The SMILES string of the molecule is NC1CCC(Oc2ccc(C(F)(F)F)cc2N2CCCC2=O)CC1. The van der Waals surface area contributed by atoms with Crippen LogP contribution in [0, 0.1) is 0 Å². The first-order chi connectivity index (χ1) is 11.3. The van der Waals surface area contributed by atoms with Crippen LogP contribution in [0.25, 0.3) is 0 Å². The number of alkyl halides is 3. The van der Waals surface area contributed by atoms with Crippen molar-refractivity contribution >= 4 is 11.6 Å². The van der Waals surface area contributed by atoms with Gasteiger partial charge in [0.25, 0.3) is 0 Å². The monoisotopic (exact) mass is 342 g/mol. The van der Waals surface area contributed by atoms with Crippen molar-refractivity contribution < 1.29 is 22.7 Å². The second-order valence-electron chi connectivity index (χ2n) is 6.48. The summed E-state index contributed by atoms with van der Waals surface area (Å²) in [5, 5.41) is 0. The third-order valence-corrected chi connectivity index (χ3v) is 4.66. The van der Waals surface area contributed by atoms with Crippen molar-refractivity contribution in [3.8, 4) is 5.75 Å². The quantitative estimate of drug-likeness (QED) is 0.915. The van der Waals surface area contributed by atoms with Crippen LogP contribution in [0.1, 0.15) is 44.1 Å². The van der Waals surface area contributed by atoms with Crippen molar-refractivity contribution in [2.75, 3.05) is 11.4 Å². The van der Waals surface area contributed by atoms with Crippen LogP contribution in [0.2, 0.25) is 0 Å². The summed E-state index contributed by atoms with van der Waals surface area (Å²) in [4.78, 5) is 13.4. The molecule has 1 saturated carbocycles. The molecule has 7 heteroatoms. The van der Waals surface area contributed by atoms with Gasteiger partial charge >= 0.3 is 6.18 Å². The first-order valence-electron chi connectivity index (χ1n) is 8.28. The van der Waals surface area contributed by atoms with Gasteiger partial charge in [-0.2, -0.15) is 13.2 Å². The number of hydrogen-bond donors (Lipinski definition) is 1. The van der Waals surface area contributed by atoms with Crippen molar-refractivity contribution in [3.05, 3.63) is 23.8 Å². The zero-order valence-corrected chi connectivity index (χ0v) is 13.3. The Morgan fingerprint density at radius 3 is 2.46 bits per heavy atom. The van der Waals surface area contributed by atoms with Crippen LogP contribution in [0.15, 0.2) is 18.2 Å². The van der Waals surface area contributed by atoms with E-state index in [0.29, 0.717) is 25.1 Å². The van der Waals surface area contributed by atoms with E-state index in [9.17, 15) is 18.0 Å². The van der Waals surface area contributed by atoms with Gasteiger partial charge in [-0.15, -0.1) is 0 Å². The number of nitrogens with zero attached hydrogens (tertiary/aromatic N) is 1. The Hall–Kier alpha value is -1.76. The molecule has 1 heterocycles. The minimum Gasteiger partial charge on any atom is -0.488 e. The first kappa shape index (κ1) is 17.1. The maximum absolute atomic E-state index is 13.0. The molecule has 1 aromatic rings. The van der Waals surface area contributed by atoms with Crippen LogP contribution >= 0.6 is 0 Å². The van der Waals surface area contributed by atoms with Gasteiger partial charge in [-0.05, 0) is 50.3 Å². The molecule has 2 aliphatic rings. The summed E-state index contributed by atoms with van der Waals surface area (Å²) in [6, 6.07) is 3.52. The summed E-state index contributed by atoms with van der Waals surface area (Å²) in [5.74, 6) is 0.184. The van der Waals surface area contributed by atoms with E-state index in [1.807, 2.05) is 0 Å². The summed E-state index contributed by atoms with van der Waals surface area (Å²) in [5.41, 5.74) is 5.33. The Labute approximate surface area is 138 Å². The molecule has 4 nitrogen and oxygen atoms in total. The summed E-state index contributed by atoms with van der Waals surface area (Å²) in [6.45, 7) is 0.423. The average Bonchev–Trinajstić information content (AvgIpc) is 2.95. The Bertz CT molecular complexity index is 610. The lowest BCUT2D eigenvalue weighted by molar-refractivity contribution is -0.137. The highest BCUT2D eigenvalue weighted by atomic mass is 19.4. The topological polar surface area (TPSA) is 55.6 Å². The third kappa shape index (κ3) is 3.66. The average molecular weight is 342 g/mol. The summed E-state index contributed by atoms with van der Waals surface area (Å²) >= 11 is 0. The molecule has 1 saturated heterocycles. The number of benzene rings is 1. The molecule has 3 rings (SSSR count). The highest BCUT2D eigenvalue weighted by Gasteiger charge is 2.34. The van der Waals surface area contributed by atoms with E-state index >= 15 is 0 Å². The number of ether oxygens (including phenoxy) is 1. The number of nitrogens with two attached hydrogens (primary N) is 1. The smallest absolute Gasteiger partial charge is 0.416 e. The number of carbonyl (C=O) groups excluding carboxylic acids is 1. The Balaban J connectivity index is 1.88. The fourth-order valence-electron chi connectivity index (χ4n) is 3.29. The molecule has 1 aliphatic heterocycles. The van der Waals surface area contributed by atoms with Gasteiger partial charge in [0.15, 0.2) is 0 Å². The van der Waals surface area contributed by atoms with Crippen LogP contribution in [-0.2, 0) is 11.0 Å². The third-order valence-electron chi connectivity index (χ3n) is 4.66. The fourth-order valence-corrected chi connectivity index (χ4v) is 3.29. The van der Waals surface area contributed by atoms with Gasteiger partial charge < -0.3 is 15.4 Å². The van der Waals surface area contributed by atoms with Gasteiger partial charge in [0.1, 0.15) is 5.75 Å². The number of hydrogen-bond acceptors (Lipinski definition) is 3. The number of anilines is 1. The van der Waals surface area contributed by atoms with Gasteiger partial charge in [-0.1, -0.05) is 0 Å². The molecule has 0 atom stereocenters. The van der Waals surface area contributed by atoms with E-state index in [1.54, 1.807) is 0 Å². The van der Waals surface area contributed by atoms with Crippen molar-refractivity contribution in [2.24, 2.45) is 5.73 Å². The maximum Gasteiger partial charge on any atom is 0.416 e. The van der Waals surface area contributed by atoms with E-state index in [2.05, 4.69) is 0 Å². The van der Waals surface area contributed by atoms with Crippen molar-refractivity contribution in [3.63, 3.8) is 0 Å². The fraction of sp³-hybridized carbons (Fsp3) is 0.588. The predicted octanol–water partition coefficient (Wildman–Crippen LogP) is 3.48. The highest BCUT2D eigenvalue weighted by Crippen LogP contribution is 2.39. The van der Waals surface area contributed by atoms with E-state index < -0.39 is 11.7 Å². The highest BCUT2D eigenvalue weighted by molar-refractivity contribution is 5.96. The summed E-state index contributed by atoms with van der Waals surface area (Å²) in [6.07, 6.45) is -0.301. The maximum atomic E-state index is 13.0. The van der Waals surface area contributed by atoms with Gasteiger partial charge in [-0.25, -0.2) is 0 Å². The molecule has 1 aliphatic carbocycles. The predicted molar refractivity (Wildman–Crippen MR) is 83.9 cm³/mol. The Kier molecular flexibility index (Phi) is 4.71. The van der Waals surface area contributed by atoms with E-state index in [-0.39, 0.29) is 23.7 Å². The van der Waals surface area contributed by atoms with Gasteiger partial charge in [0.2, 0.25) is 5.91 Å². The molecule has 1 aromatic carbocycles. The van der Waals surface area contributed by atoms with Crippen LogP contribution < -0.4 is 15.4 Å². The standard InChI is InChI=1S/C17H21F3N2O2/c18-17(19,20)11-3-8-15(24-13-6-4-12(21)5-7-13)14(10-11)22-9-1-2-16(22)23/h3,8,10,12-13H,1-2,4-7,9,21H2. The molecule has 0 spiro atoms.